The smallest absolute Gasteiger partial charge is 0.333 e. The Balaban J connectivity index is 2.20. The summed E-state index contributed by atoms with van der Waals surface area (Å²) in [6, 6.07) is 0. The molecule has 1 aromatic heterocycles. The molecule has 2 rings (SSSR count). The van der Waals surface area contributed by atoms with Crippen molar-refractivity contribution in [1.29, 1.82) is 0 Å². The van der Waals surface area contributed by atoms with Gasteiger partial charge in [-0.05, 0) is 34.7 Å². The van der Waals surface area contributed by atoms with Crippen molar-refractivity contribution in [3.63, 3.8) is 0 Å². The molecular weight excluding hydrogens is 312 g/mol. The van der Waals surface area contributed by atoms with Gasteiger partial charge in [0, 0.05) is 12.7 Å². The lowest BCUT2D eigenvalue weighted by atomic mass is 10.0. The molecule has 1 aliphatic rings. The second-order valence-corrected chi connectivity index (χ2v) is 5.99. The van der Waals surface area contributed by atoms with Crippen LogP contribution in [0.25, 0.3) is 0 Å². The van der Waals surface area contributed by atoms with Gasteiger partial charge in [0.2, 0.25) is 0 Å². The van der Waals surface area contributed by atoms with E-state index in [1.54, 1.807) is 10.8 Å². The molecule has 1 heterocycles. The largest absolute Gasteiger partial charge is 0.347 e. The van der Waals surface area contributed by atoms with E-state index in [-0.39, 0.29) is 10.2 Å². The van der Waals surface area contributed by atoms with E-state index in [1.807, 2.05) is 0 Å². The summed E-state index contributed by atoms with van der Waals surface area (Å²) in [5.41, 5.74) is -0.912. The first-order valence-electron chi connectivity index (χ1n) is 6.62. The Kier molecular flexibility index (Phi) is 4.74. The van der Waals surface area contributed by atoms with Gasteiger partial charge in [0.05, 0.1) is 15.6 Å². The van der Waals surface area contributed by atoms with Gasteiger partial charge in [-0.25, -0.2) is 0 Å². The van der Waals surface area contributed by atoms with Crippen molar-refractivity contribution < 1.29 is 4.92 Å². The summed E-state index contributed by atoms with van der Waals surface area (Å²) in [7, 11) is 0. The molecule has 5 nitrogen and oxygen atoms in total. The van der Waals surface area contributed by atoms with Crippen molar-refractivity contribution >= 4 is 21.6 Å². The summed E-state index contributed by atoms with van der Waals surface area (Å²) < 4.78 is 2.04. The standard InChI is InChI=1S/C13H17BrN2O3/c14-11-8-15(9-12(13(11)17)16(18)19)7-10-5-3-1-2-4-6-10/h8-10H,1-7H2. The molecule has 0 bridgehead atoms. The van der Waals surface area contributed by atoms with Crippen molar-refractivity contribution in [2.45, 2.75) is 45.1 Å². The summed E-state index contributed by atoms with van der Waals surface area (Å²) in [6.07, 6.45) is 10.4. The number of nitro groups is 1. The first kappa shape index (κ1) is 14.2. The molecule has 6 heteroatoms. The SMILES string of the molecule is O=c1c(Br)cn(CC2CCCCCC2)cc1[N+](=O)[O-]. The molecule has 0 amide bonds. The van der Waals surface area contributed by atoms with Crippen LogP contribution in [0.1, 0.15) is 38.5 Å². The highest BCUT2D eigenvalue weighted by Crippen LogP contribution is 2.24. The van der Waals surface area contributed by atoms with Gasteiger partial charge in [-0.2, -0.15) is 0 Å². The molecule has 0 aromatic carbocycles. The van der Waals surface area contributed by atoms with Crippen LogP contribution in [0.15, 0.2) is 21.7 Å². The lowest BCUT2D eigenvalue weighted by molar-refractivity contribution is -0.386. The number of aromatic nitrogens is 1. The predicted octanol–water partition coefficient (Wildman–Crippen LogP) is 3.49. The van der Waals surface area contributed by atoms with E-state index in [0.717, 1.165) is 19.4 Å². The normalized spacial score (nSPS) is 17.1. The Bertz CT molecular complexity index is 519. The summed E-state index contributed by atoms with van der Waals surface area (Å²) >= 11 is 3.11. The van der Waals surface area contributed by atoms with Crippen LogP contribution in [0.3, 0.4) is 0 Å². The van der Waals surface area contributed by atoms with Gasteiger partial charge < -0.3 is 4.57 Å². The van der Waals surface area contributed by atoms with E-state index < -0.39 is 10.4 Å². The maximum absolute atomic E-state index is 11.6. The van der Waals surface area contributed by atoms with E-state index >= 15 is 0 Å². The molecule has 0 spiro atoms. The number of pyridine rings is 1. The third-order valence-electron chi connectivity index (χ3n) is 3.66. The Labute approximate surface area is 119 Å². The maximum atomic E-state index is 11.6. The zero-order chi connectivity index (χ0) is 13.8. The second-order valence-electron chi connectivity index (χ2n) is 5.13. The topological polar surface area (TPSA) is 65.1 Å². The highest BCUT2D eigenvalue weighted by Gasteiger charge is 2.18. The molecule has 1 aromatic rings. The third kappa shape index (κ3) is 3.65. The maximum Gasteiger partial charge on any atom is 0.333 e. The lowest BCUT2D eigenvalue weighted by Gasteiger charge is -2.16. The van der Waals surface area contributed by atoms with Crippen LogP contribution >= 0.6 is 15.9 Å². The number of nitrogens with zero attached hydrogens (tertiary/aromatic N) is 2. The van der Waals surface area contributed by atoms with Crippen LogP contribution in [0, 0.1) is 16.0 Å². The first-order valence-corrected chi connectivity index (χ1v) is 7.41. The molecule has 0 aliphatic heterocycles. The Hall–Kier alpha value is -1.17. The minimum atomic E-state index is -0.614. The molecular formula is C13H17BrN2O3. The van der Waals surface area contributed by atoms with Gasteiger partial charge >= 0.3 is 5.69 Å². The molecule has 0 radical (unpaired) electrons. The Morgan fingerprint density at radius 1 is 1.26 bits per heavy atom. The minimum Gasteiger partial charge on any atom is -0.347 e. The molecule has 0 N–H and O–H groups in total. The van der Waals surface area contributed by atoms with Gasteiger partial charge in [-0.3, -0.25) is 14.9 Å². The molecule has 0 unspecified atom stereocenters. The van der Waals surface area contributed by atoms with E-state index in [9.17, 15) is 14.9 Å². The predicted molar refractivity (Wildman–Crippen MR) is 76.2 cm³/mol. The fourth-order valence-electron chi connectivity index (χ4n) is 2.66. The third-order valence-corrected chi connectivity index (χ3v) is 4.22. The lowest BCUT2D eigenvalue weighted by Crippen LogP contribution is -2.16. The minimum absolute atomic E-state index is 0.260. The van der Waals surface area contributed by atoms with E-state index in [0.29, 0.717) is 5.92 Å². The molecule has 104 valence electrons. The summed E-state index contributed by atoms with van der Waals surface area (Å²) in [5, 5.41) is 10.8. The number of hydrogen-bond donors (Lipinski definition) is 0. The van der Waals surface area contributed by atoms with Crippen LogP contribution in [-0.2, 0) is 6.54 Å². The number of hydrogen-bond acceptors (Lipinski definition) is 3. The summed E-state index contributed by atoms with van der Waals surface area (Å²) in [6.45, 7) is 0.750. The average molecular weight is 329 g/mol. The van der Waals surface area contributed by atoms with Gasteiger partial charge in [-0.15, -0.1) is 0 Å². The van der Waals surface area contributed by atoms with Crippen molar-refractivity contribution in [2.24, 2.45) is 5.92 Å². The summed E-state index contributed by atoms with van der Waals surface area (Å²) in [4.78, 5) is 21.8. The molecule has 1 aliphatic carbocycles. The van der Waals surface area contributed by atoms with Crippen LogP contribution < -0.4 is 5.43 Å². The van der Waals surface area contributed by atoms with Crippen molar-refractivity contribution in [2.75, 3.05) is 0 Å². The number of rotatable bonds is 3. The second kappa shape index (κ2) is 6.32. The van der Waals surface area contributed by atoms with Crippen LogP contribution in [0.5, 0.6) is 0 Å². The van der Waals surface area contributed by atoms with Gasteiger partial charge in [0.15, 0.2) is 0 Å². The fourth-order valence-corrected chi connectivity index (χ4v) is 3.13. The first-order chi connectivity index (χ1) is 9.08. The van der Waals surface area contributed by atoms with Gasteiger partial charge in [-0.1, -0.05) is 25.7 Å². The zero-order valence-electron chi connectivity index (χ0n) is 10.7. The monoisotopic (exact) mass is 328 g/mol. The zero-order valence-corrected chi connectivity index (χ0v) is 12.3. The molecule has 19 heavy (non-hydrogen) atoms. The summed E-state index contributed by atoms with van der Waals surface area (Å²) in [5.74, 6) is 0.552. The average Bonchev–Trinajstić information content (AvgIpc) is 2.62. The fraction of sp³-hybridized carbons (Fsp3) is 0.615. The highest BCUT2D eigenvalue weighted by atomic mass is 79.9. The number of halogens is 1. The van der Waals surface area contributed by atoms with Gasteiger partial charge in [0.1, 0.15) is 0 Å². The van der Waals surface area contributed by atoms with Crippen molar-refractivity contribution in [1.82, 2.24) is 4.57 Å². The van der Waals surface area contributed by atoms with E-state index in [4.69, 9.17) is 0 Å². The van der Waals surface area contributed by atoms with Gasteiger partial charge in [0.25, 0.3) is 5.43 Å². The van der Waals surface area contributed by atoms with E-state index in [1.165, 1.54) is 31.9 Å². The molecule has 1 saturated carbocycles. The Morgan fingerprint density at radius 3 is 2.47 bits per heavy atom. The quantitative estimate of drug-likeness (QED) is 0.484. The van der Waals surface area contributed by atoms with Crippen LogP contribution in [0.4, 0.5) is 5.69 Å². The molecule has 0 atom stereocenters. The molecule has 0 saturated heterocycles. The van der Waals surface area contributed by atoms with E-state index in [2.05, 4.69) is 15.9 Å². The highest BCUT2D eigenvalue weighted by molar-refractivity contribution is 9.10. The van der Waals surface area contributed by atoms with Crippen molar-refractivity contribution in [3.8, 4) is 0 Å². The Morgan fingerprint density at radius 2 is 1.89 bits per heavy atom. The van der Waals surface area contributed by atoms with Crippen molar-refractivity contribution in [3.05, 3.63) is 37.2 Å². The van der Waals surface area contributed by atoms with Crippen LogP contribution in [0.2, 0.25) is 0 Å². The molecule has 1 fully saturated rings. The van der Waals surface area contributed by atoms with Crippen LogP contribution in [-0.4, -0.2) is 9.49 Å².